The standard InChI is InChI=1S/C8H19NO2Si.C5H11NO2/c1-12(2,3)7(4-5-9)6-8(10)11;6-4-2-1-3-5(7)8/h7H,4-6,9H2,1-3H3,(H,10,11);1-4,6H2,(H,7,8). The summed E-state index contributed by atoms with van der Waals surface area (Å²) in [5.41, 5.74) is 10.9. The van der Waals surface area contributed by atoms with Crippen LogP contribution in [0, 0.1) is 0 Å². The van der Waals surface area contributed by atoms with Crippen molar-refractivity contribution in [1.82, 2.24) is 0 Å². The third-order valence-electron chi connectivity index (χ3n) is 3.01. The maximum atomic E-state index is 10.5. The lowest BCUT2D eigenvalue weighted by molar-refractivity contribution is -0.138. The zero-order valence-electron chi connectivity index (χ0n) is 12.9. The number of carboxylic acid groups (broad SMARTS) is 2. The summed E-state index contributed by atoms with van der Waals surface area (Å²) in [6, 6.07) is 0. The summed E-state index contributed by atoms with van der Waals surface area (Å²) in [5.74, 6) is -1.44. The average molecular weight is 306 g/mol. The van der Waals surface area contributed by atoms with Crippen LogP contribution in [0.25, 0.3) is 0 Å². The van der Waals surface area contributed by atoms with Gasteiger partial charge in [0.25, 0.3) is 0 Å². The van der Waals surface area contributed by atoms with Gasteiger partial charge in [-0.2, -0.15) is 0 Å². The van der Waals surface area contributed by atoms with Gasteiger partial charge in [-0.3, -0.25) is 9.59 Å². The first-order valence-electron chi connectivity index (χ1n) is 6.98. The van der Waals surface area contributed by atoms with E-state index in [1.54, 1.807) is 0 Å². The van der Waals surface area contributed by atoms with Crippen LogP contribution in [0.15, 0.2) is 0 Å². The molecule has 0 fully saturated rings. The highest BCUT2D eigenvalue weighted by atomic mass is 28.3. The van der Waals surface area contributed by atoms with Gasteiger partial charge in [-0.25, -0.2) is 0 Å². The number of hydrogen-bond acceptors (Lipinski definition) is 4. The summed E-state index contributed by atoms with van der Waals surface area (Å²) in [4.78, 5) is 20.3. The summed E-state index contributed by atoms with van der Waals surface area (Å²) in [6.45, 7) is 7.76. The molecule has 6 N–H and O–H groups in total. The molecule has 0 aliphatic rings. The molecule has 0 aromatic heterocycles. The first-order valence-corrected chi connectivity index (χ1v) is 10.6. The molecule has 0 rings (SSSR count). The van der Waals surface area contributed by atoms with Gasteiger partial charge in [0.1, 0.15) is 0 Å². The smallest absolute Gasteiger partial charge is 0.303 e. The average Bonchev–Trinajstić information content (AvgIpc) is 2.27. The van der Waals surface area contributed by atoms with Crippen molar-refractivity contribution in [2.24, 2.45) is 11.5 Å². The van der Waals surface area contributed by atoms with Crippen LogP contribution in [0.5, 0.6) is 0 Å². The van der Waals surface area contributed by atoms with E-state index >= 15 is 0 Å². The molecule has 0 heterocycles. The Hall–Kier alpha value is -0.923. The van der Waals surface area contributed by atoms with Crippen LogP contribution in [0.2, 0.25) is 25.2 Å². The first kappa shape index (κ1) is 21.4. The van der Waals surface area contributed by atoms with E-state index in [1.165, 1.54) is 0 Å². The Labute approximate surface area is 122 Å². The van der Waals surface area contributed by atoms with Crippen LogP contribution < -0.4 is 11.5 Å². The van der Waals surface area contributed by atoms with Gasteiger partial charge in [-0.05, 0) is 37.9 Å². The van der Waals surface area contributed by atoms with Gasteiger partial charge >= 0.3 is 11.9 Å². The van der Waals surface area contributed by atoms with Crippen molar-refractivity contribution in [3.8, 4) is 0 Å². The number of nitrogens with two attached hydrogens (primary N) is 2. The number of carboxylic acids is 2. The summed E-state index contributed by atoms with van der Waals surface area (Å²) < 4.78 is 0. The van der Waals surface area contributed by atoms with Crippen molar-refractivity contribution < 1.29 is 19.8 Å². The quantitative estimate of drug-likeness (QED) is 0.379. The van der Waals surface area contributed by atoms with Crippen molar-refractivity contribution >= 4 is 20.0 Å². The molecule has 1 unspecified atom stereocenters. The molecule has 1 atom stereocenters. The molecule has 6 nitrogen and oxygen atoms in total. The molecule has 0 saturated heterocycles. The molecule has 0 aliphatic heterocycles. The molecule has 0 amide bonds. The Morgan fingerprint density at radius 1 is 1.00 bits per heavy atom. The fourth-order valence-electron chi connectivity index (χ4n) is 1.67. The molecule has 20 heavy (non-hydrogen) atoms. The van der Waals surface area contributed by atoms with E-state index in [2.05, 4.69) is 19.6 Å². The molecule has 0 aromatic carbocycles. The van der Waals surface area contributed by atoms with Crippen LogP contribution in [-0.2, 0) is 9.59 Å². The van der Waals surface area contributed by atoms with E-state index in [0.717, 1.165) is 12.8 Å². The topological polar surface area (TPSA) is 127 Å². The fourth-order valence-corrected chi connectivity index (χ4v) is 3.49. The summed E-state index contributed by atoms with van der Waals surface area (Å²) in [5, 5.41) is 16.8. The predicted octanol–water partition coefficient (Wildman–Crippen LogP) is 1.72. The van der Waals surface area contributed by atoms with Crippen LogP contribution in [-0.4, -0.2) is 43.3 Å². The van der Waals surface area contributed by atoms with E-state index < -0.39 is 20.0 Å². The largest absolute Gasteiger partial charge is 0.481 e. The Bertz CT molecular complexity index is 280. The number of aliphatic carboxylic acids is 2. The van der Waals surface area contributed by atoms with Gasteiger partial charge in [0.2, 0.25) is 0 Å². The highest BCUT2D eigenvalue weighted by molar-refractivity contribution is 6.77. The molecule has 7 heteroatoms. The molecule has 0 spiro atoms. The third kappa shape index (κ3) is 15.1. The van der Waals surface area contributed by atoms with Gasteiger partial charge in [0.05, 0.1) is 0 Å². The highest BCUT2D eigenvalue weighted by Crippen LogP contribution is 2.28. The third-order valence-corrected chi connectivity index (χ3v) is 5.95. The van der Waals surface area contributed by atoms with Crippen molar-refractivity contribution in [1.29, 1.82) is 0 Å². The lowest BCUT2D eigenvalue weighted by Crippen LogP contribution is -2.31. The van der Waals surface area contributed by atoms with Crippen LogP contribution in [0.4, 0.5) is 0 Å². The molecule has 0 aliphatic carbocycles. The van der Waals surface area contributed by atoms with Crippen LogP contribution in [0.1, 0.15) is 32.1 Å². The minimum Gasteiger partial charge on any atom is -0.481 e. The SMILES string of the molecule is C[Si](C)(C)C(CCN)CC(=O)O.NCCCCC(=O)O. The van der Waals surface area contributed by atoms with E-state index in [-0.39, 0.29) is 12.8 Å². The van der Waals surface area contributed by atoms with E-state index in [1.807, 2.05) is 0 Å². The second-order valence-electron chi connectivity index (χ2n) is 5.88. The highest BCUT2D eigenvalue weighted by Gasteiger charge is 2.27. The second kappa shape index (κ2) is 11.9. The van der Waals surface area contributed by atoms with Gasteiger partial charge in [0, 0.05) is 20.9 Å². The number of unbranched alkanes of at least 4 members (excludes halogenated alkanes) is 1. The van der Waals surface area contributed by atoms with Crippen LogP contribution >= 0.6 is 0 Å². The zero-order chi connectivity index (χ0) is 16.2. The number of carbonyl (C=O) groups is 2. The maximum Gasteiger partial charge on any atom is 0.303 e. The lowest BCUT2D eigenvalue weighted by Gasteiger charge is -2.27. The molecule has 0 radical (unpaired) electrons. The van der Waals surface area contributed by atoms with Crippen molar-refractivity contribution in [3.05, 3.63) is 0 Å². The molecule has 120 valence electrons. The zero-order valence-corrected chi connectivity index (χ0v) is 13.9. The monoisotopic (exact) mass is 306 g/mol. The Balaban J connectivity index is 0. The van der Waals surface area contributed by atoms with E-state index in [0.29, 0.717) is 25.1 Å². The lowest BCUT2D eigenvalue weighted by atomic mass is 10.2. The van der Waals surface area contributed by atoms with Gasteiger partial charge in [-0.1, -0.05) is 19.6 Å². The van der Waals surface area contributed by atoms with Gasteiger partial charge < -0.3 is 21.7 Å². The second-order valence-corrected chi connectivity index (χ2v) is 11.4. The molecule has 0 bridgehead atoms. The molecule has 0 aromatic rings. The predicted molar refractivity (Wildman–Crippen MR) is 83.6 cm³/mol. The summed E-state index contributed by atoms with van der Waals surface area (Å²) >= 11 is 0. The van der Waals surface area contributed by atoms with Crippen molar-refractivity contribution in [2.75, 3.05) is 13.1 Å². The van der Waals surface area contributed by atoms with E-state index in [4.69, 9.17) is 21.7 Å². The van der Waals surface area contributed by atoms with Crippen molar-refractivity contribution in [2.45, 2.75) is 57.3 Å². The minimum absolute atomic E-state index is 0.247. The van der Waals surface area contributed by atoms with Gasteiger partial charge in [0.15, 0.2) is 0 Å². The molecular weight excluding hydrogens is 276 g/mol. The van der Waals surface area contributed by atoms with Gasteiger partial charge in [-0.15, -0.1) is 0 Å². The number of rotatable bonds is 9. The van der Waals surface area contributed by atoms with Crippen LogP contribution in [0.3, 0.4) is 0 Å². The summed E-state index contributed by atoms with van der Waals surface area (Å²) in [6.07, 6.45) is 2.89. The number of hydrogen-bond donors (Lipinski definition) is 4. The normalized spacial score (nSPS) is 12.2. The minimum atomic E-state index is -1.33. The fraction of sp³-hybridized carbons (Fsp3) is 0.846. The molecule has 0 saturated carbocycles. The Morgan fingerprint density at radius 3 is 1.85 bits per heavy atom. The Kier molecular flexibility index (Phi) is 12.7. The summed E-state index contributed by atoms with van der Waals surface area (Å²) in [7, 11) is -1.33. The Morgan fingerprint density at radius 2 is 1.55 bits per heavy atom. The molecular formula is C13H30N2O4Si. The maximum absolute atomic E-state index is 10.5. The first-order chi connectivity index (χ1) is 9.15. The van der Waals surface area contributed by atoms with Crippen molar-refractivity contribution in [3.63, 3.8) is 0 Å². The van der Waals surface area contributed by atoms with E-state index in [9.17, 15) is 9.59 Å².